The summed E-state index contributed by atoms with van der Waals surface area (Å²) in [5.74, 6) is 1.60. The van der Waals surface area contributed by atoms with Gasteiger partial charge in [0.05, 0.1) is 12.7 Å². The van der Waals surface area contributed by atoms with Crippen molar-refractivity contribution in [1.29, 1.82) is 0 Å². The van der Waals surface area contributed by atoms with Crippen molar-refractivity contribution in [2.45, 2.75) is 32.8 Å². The van der Waals surface area contributed by atoms with Gasteiger partial charge in [0.1, 0.15) is 0 Å². The van der Waals surface area contributed by atoms with Gasteiger partial charge in [-0.2, -0.15) is 0 Å². The average Bonchev–Trinajstić information content (AvgIpc) is 2.32. The normalized spacial score (nSPS) is 43.5. The van der Waals surface area contributed by atoms with Gasteiger partial charge in [0.25, 0.3) is 0 Å². The number of fused-ring (bicyclic) bond motifs is 1. The summed E-state index contributed by atoms with van der Waals surface area (Å²) in [5.41, 5.74) is 1.51. The minimum Gasteiger partial charge on any atom is -0.374 e. The molecule has 0 aromatic carbocycles. The molecule has 11 heavy (non-hydrogen) atoms. The van der Waals surface area contributed by atoms with Crippen LogP contribution < -0.4 is 0 Å². The van der Waals surface area contributed by atoms with Crippen molar-refractivity contribution in [3.63, 3.8) is 0 Å². The first kappa shape index (κ1) is 7.35. The summed E-state index contributed by atoms with van der Waals surface area (Å²) in [6, 6.07) is 0. The van der Waals surface area contributed by atoms with Crippen LogP contribution in [-0.2, 0) is 4.74 Å². The topological polar surface area (TPSA) is 9.23 Å². The summed E-state index contributed by atoms with van der Waals surface area (Å²) in [4.78, 5) is 0. The molecule has 1 heterocycles. The molecule has 62 valence electrons. The van der Waals surface area contributed by atoms with E-state index in [0.717, 1.165) is 18.4 Å². The Morgan fingerprint density at radius 2 is 2.36 bits per heavy atom. The van der Waals surface area contributed by atoms with Crippen LogP contribution in [0.5, 0.6) is 0 Å². The van der Waals surface area contributed by atoms with Gasteiger partial charge in [-0.05, 0) is 31.6 Å². The summed E-state index contributed by atoms with van der Waals surface area (Å²) < 4.78 is 5.66. The molecule has 1 nitrogen and oxygen atoms in total. The minimum atomic E-state index is 0.457. The van der Waals surface area contributed by atoms with Gasteiger partial charge in [-0.15, -0.1) is 0 Å². The van der Waals surface area contributed by atoms with Gasteiger partial charge in [0.2, 0.25) is 0 Å². The van der Waals surface area contributed by atoms with E-state index in [1.165, 1.54) is 18.4 Å². The molecule has 0 aromatic heterocycles. The van der Waals surface area contributed by atoms with Crippen molar-refractivity contribution in [2.75, 3.05) is 6.61 Å². The van der Waals surface area contributed by atoms with Crippen LogP contribution in [0.1, 0.15) is 26.7 Å². The minimum absolute atomic E-state index is 0.457. The molecule has 0 aromatic rings. The molecular formula is C10H16O. The Morgan fingerprint density at radius 3 is 3.18 bits per heavy atom. The molecule has 1 saturated heterocycles. The lowest BCUT2D eigenvalue weighted by Gasteiger charge is -2.23. The van der Waals surface area contributed by atoms with Crippen molar-refractivity contribution in [3.8, 4) is 0 Å². The van der Waals surface area contributed by atoms with E-state index < -0.39 is 0 Å². The Hall–Kier alpha value is -0.300. The molecule has 2 aliphatic rings. The number of hydrogen-bond acceptors (Lipinski definition) is 1. The molecule has 0 unspecified atom stereocenters. The molecule has 1 aliphatic carbocycles. The lowest BCUT2D eigenvalue weighted by molar-refractivity contribution is 0.120. The number of hydrogen-bond donors (Lipinski definition) is 0. The molecule has 0 amide bonds. The van der Waals surface area contributed by atoms with Gasteiger partial charge in [-0.1, -0.05) is 18.6 Å². The third-order valence-electron chi connectivity index (χ3n) is 3.03. The van der Waals surface area contributed by atoms with Crippen LogP contribution in [0, 0.1) is 11.8 Å². The maximum atomic E-state index is 5.66. The van der Waals surface area contributed by atoms with E-state index in [2.05, 4.69) is 19.9 Å². The predicted molar refractivity (Wildman–Crippen MR) is 45.4 cm³/mol. The fourth-order valence-electron chi connectivity index (χ4n) is 2.21. The van der Waals surface area contributed by atoms with Crippen molar-refractivity contribution in [2.24, 2.45) is 11.8 Å². The van der Waals surface area contributed by atoms with E-state index in [9.17, 15) is 0 Å². The summed E-state index contributed by atoms with van der Waals surface area (Å²) in [6.45, 7) is 5.49. The summed E-state index contributed by atoms with van der Waals surface area (Å²) in [7, 11) is 0. The molecule has 1 aliphatic heterocycles. The molecule has 0 saturated carbocycles. The maximum Gasteiger partial charge on any atom is 0.0790 e. The van der Waals surface area contributed by atoms with Crippen LogP contribution in [-0.4, -0.2) is 12.7 Å². The fourth-order valence-corrected chi connectivity index (χ4v) is 2.21. The highest BCUT2D eigenvalue weighted by molar-refractivity contribution is 5.10. The van der Waals surface area contributed by atoms with Crippen LogP contribution in [0.3, 0.4) is 0 Å². The second kappa shape index (κ2) is 2.63. The van der Waals surface area contributed by atoms with Crippen molar-refractivity contribution < 1.29 is 4.74 Å². The zero-order valence-corrected chi connectivity index (χ0v) is 7.34. The average molecular weight is 152 g/mol. The standard InChI is InChI=1S/C10H16O/c1-7-3-4-9-8(2)6-11-10(9)5-7/h5,8-10H,3-4,6H2,1-2H3/t8-,9+,10+/m0/s1. The van der Waals surface area contributed by atoms with Crippen LogP contribution in [0.2, 0.25) is 0 Å². The SMILES string of the molecule is CC1=C[C@H]2OC[C@H](C)[C@H]2CC1. The molecule has 0 bridgehead atoms. The maximum absolute atomic E-state index is 5.66. The molecule has 3 atom stereocenters. The van der Waals surface area contributed by atoms with E-state index in [-0.39, 0.29) is 0 Å². The Morgan fingerprint density at radius 1 is 1.55 bits per heavy atom. The van der Waals surface area contributed by atoms with Crippen molar-refractivity contribution in [1.82, 2.24) is 0 Å². The van der Waals surface area contributed by atoms with Crippen LogP contribution >= 0.6 is 0 Å². The Bertz CT molecular complexity index is 183. The van der Waals surface area contributed by atoms with Gasteiger partial charge in [-0.3, -0.25) is 0 Å². The second-order valence-corrected chi connectivity index (χ2v) is 3.99. The molecule has 2 rings (SSSR count). The zero-order chi connectivity index (χ0) is 7.84. The molecule has 0 spiro atoms. The van der Waals surface area contributed by atoms with Gasteiger partial charge in [-0.25, -0.2) is 0 Å². The smallest absolute Gasteiger partial charge is 0.0790 e. The van der Waals surface area contributed by atoms with E-state index >= 15 is 0 Å². The number of allylic oxidation sites excluding steroid dienone is 1. The van der Waals surface area contributed by atoms with Crippen molar-refractivity contribution in [3.05, 3.63) is 11.6 Å². The molecule has 1 heteroatoms. The quantitative estimate of drug-likeness (QED) is 0.484. The highest BCUT2D eigenvalue weighted by atomic mass is 16.5. The van der Waals surface area contributed by atoms with E-state index in [0.29, 0.717) is 6.10 Å². The van der Waals surface area contributed by atoms with E-state index in [4.69, 9.17) is 4.74 Å². The molecule has 0 radical (unpaired) electrons. The van der Waals surface area contributed by atoms with Gasteiger partial charge >= 0.3 is 0 Å². The first-order chi connectivity index (χ1) is 5.27. The van der Waals surface area contributed by atoms with E-state index in [1.54, 1.807) is 0 Å². The Labute approximate surface area is 68.4 Å². The first-order valence-corrected chi connectivity index (χ1v) is 4.56. The first-order valence-electron chi connectivity index (χ1n) is 4.56. The largest absolute Gasteiger partial charge is 0.374 e. The highest BCUT2D eigenvalue weighted by Crippen LogP contribution is 2.36. The van der Waals surface area contributed by atoms with Gasteiger partial charge < -0.3 is 4.74 Å². The Kier molecular flexibility index (Phi) is 1.76. The third kappa shape index (κ3) is 1.22. The monoisotopic (exact) mass is 152 g/mol. The molecular weight excluding hydrogens is 136 g/mol. The lowest BCUT2D eigenvalue weighted by atomic mass is 9.82. The molecule has 1 fully saturated rings. The van der Waals surface area contributed by atoms with Crippen LogP contribution in [0.15, 0.2) is 11.6 Å². The van der Waals surface area contributed by atoms with Crippen LogP contribution in [0.4, 0.5) is 0 Å². The number of rotatable bonds is 0. The summed E-state index contributed by atoms with van der Waals surface area (Å²) >= 11 is 0. The summed E-state index contributed by atoms with van der Waals surface area (Å²) in [5, 5.41) is 0. The van der Waals surface area contributed by atoms with Gasteiger partial charge in [0.15, 0.2) is 0 Å². The predicted octanol–water partition coefficient (Wildman–Crippen LogP) is 2.38. The highest BCUT2D eigenvalue weighted by Gasteiger charge is 2.34. The lowest BCUT2D eigenvalue weighted by Crippen LogP contribution is -2.20. The van der Waals surface area contributed by atoms with Crippen LogP contribution in [0.25, 0.3) is 0 Å². The van der Waals surface area contributed by atoms with Gasteiger partial charge in [0, 0.05) is 0 Å². The molecule has 0 N–H and O–H groups in total. The second-order valence-electron chi connectivity index (χ2n) is 3.99. The Balaban J connectivity index is 2.14. The number of ether oxygens (including phenoxy) is 1. The summed E-state index contributed by atoms with van der Waals surface area (Å²) in [6.07, 6.45) is 5.40. The van der Waals surface area contributed by atoms with Crippen molar-refractivity contribution >= 4 is 0 Å². The fraction of sp³-hybridized carbons (Fsp3) is 0.800. The van der Waals surface area contributed by atoms with E-state index in [1.807, 2.05) is 0 Å². The third-order valence-corrected chi connectivity index (χ3v) is 3.03. The zero-order valence-electron chi connectivity index (χ0n) is 7.34.